The highest BCUT2D eigenvalue weighted by molar-refractivity contribution is 7.17. The van der Waals surface area contributed by atoms with Crippen molar-refractivity contribution in [2.24, 2.45) is 0 Å². The first kappa shape index (κ1) is 11.4. The molecule has 4 heteroatoms. The first-order chi connectivity index (χ1) is 9.81. The number of hydrogen-bond donors (Lipinski definition) is 0. The summed E-state index contributed by atoms with van der Waals surface area (Å²) >= 11 is 8.01. The lowest BCUT2D eigenvalue weighted by Gasteiger charge is -2.11. The van der Waals surface area contributed by atoms with Gasteiger partial charge in [-0.2, -0.15) is 0 Å². The van der Waals surface area contributed by atoms with Crippen LogP contribution in [-0.2, 0) is 19.3 Å². The average molecular weight is 301 g/mol. The van der Waals surface area contributed by atoms with Gasteiger partial charge in [-0.15, -0.1) is 11.3 Å². The van der Waals surface area contributed by atoms with Crippen molar-refractivity contribution >= 4 is 27.9 Å². The summed E-state index contributed by atoms with van der Waals surface area (Å²) in [6, 6.07) is 6.18. The molecule has 0 saturated carbocycles. The number of thiazole rings is 1. The average Bonchev–Trinajstić information content (AvgIpc) is 3.05. The molecule has 5 rings (SSSR count). The Morgan fingerprint density at radius 3 is 3.00 bits per heavy atom. The van der Waals surface area contributed by atoms with Gasteiger partial charge in [0, 0.05) is 27.6 Å². The van der Waals surface area contributed by atoms with E-state index in [-0.39, 0.29) is 0 Å². The predicted octanol–water partition coefficient (Wildman–Crippen LogP) is 4.50. The Labute approximate surface area is 126 Å². The third kappa shape index (κ3) is 1.37. The minimum absolute atomic E-state index is 0.822. The maximum Gasteiger partial charge on any atom is 0.194 e. The van der Waals surface area contributed by atoms with Crippen LogP contribution in [0.15, 0.2) is 18.2 Å². The van der Waals surface area contributed by atoms with E-state index >= 15 is 0 Å². The molecule has 2 aliphatic carbocycles. The van der Waals surface area contributed by atoms with Crippen molar-refractivity contribution in [3.63, 3.8) is 0 Å². The summed E-state index contributed by atoms with van der Waals surface area (Å²) in [4.78, 5) is 7.64. The monoisotopic (exact) mass is 300 g/mol. The van der Waals surface area contributed by atoms with E-state index < -0.39 is 0 Å². The maximum absolute atomic E-state index is 6.12. The lowest BCUT2D eigenvalue weighted by molar-refractivity contribution is 0.671. The minimum atomic E-state index is 0.822. The molecule has 0 saturated heterocycles. The summed E-state index contributed by atoms with van der Waals surface area (Å²) < 4.78 is 2.43. The smallest absolute Gasteiger partial charge is 0.194 e. The van der Waals surface area contributed by atoms with Crippen LogP contribution in [-0.4, -0.2) is 9.38 Å². The number of nitrogens with zero attached hydrogens (tertiary/aromatic N) is 2. The lowest BCUT2D eigenvalue weighted by Crippen LogP contribution is -2.04. The second kappa shape index (κ2) is 3.86. The largest absolute Gasteiger partial charge is 0.290 e. The van der Waals surface area contributed by atoms with Gasteiger partial charge in [0.15, 0.2) is 4.96 Å². The van der Waals surface area contributed by atoms with Crippen LogP contribution in [0.25, 0.3) is 16.2 Å². The van der Waals surface area contributed by atoms with Gasteiger partial charge in [0.1, 0.15) is 0 Å². The lowest BCUT2D eigenvalue weighted by atomic mass is 10.0. The molecule has 0 N–H and O–H groups in total. The number of imidazole rings is 1. The Morgan fingerprint density at radius 2 is 2.05 bits per heavy atom. The van der Waals surface area contributed by atoms with Crippen molar-refractivity contribution in [1.29, 1.82) is 0 Å². The molecule has 0 radical (unpaired) electrons. The van der Waals surface area contributed by atoms with Gasteiger partial charge in [0.2, 0.25) is 0 Å². The summed E-state index contributed by atoms with van der Waals surface area (Å²) in [6.45, 7) is 0. The summed E-state index contributed by atoms with van der Waals surface area (Å²) in [5.74, 6) is 0. The second-order valence-electron chi connectivity index (χ2n) is 5.68. The number of hydrogen-bond acceptors (Lipinski definition) is 2. The van der Waals surface area contributed by atoms with E-state index in [1.807, 2.05) is 17.4 Å². The van der Waals surface area contributed by atoms with Gasteiger partial charge in [-0.25, -0.2) is 4.98 Å². The van der Waals surface area contributed by atoms with Crippen LogP contribution in [0.3, 0.4) is 0 Å². The van der Waals surface area contributed by atoms with Crippen molar-refractivity contribution in [3.05, 3.63) is 45.1 Å². The van der Waals surface area contributed by atoms with Crippen LogP contribution in [0.2, 0.25) is 5.02 Å². The Bertz CT molecular complexity index is 859. The van der Waals surface area contributed by atoms with Crippen molar-refractivity contribution in [2.45, 2.75) is 32.1 Å². The number of rotatable bonds is 0. The van der Waals surface area contributed by atoms with Gasteiger partial charge < -0.3 is 0 Å². The molecule has 2 aliphatic rings. The summed E-state index contributed by atoms with van der Waals surface area (Å²) in [6.07, 6.45) is 6.04. The molecule has 0 amide bonds. The topological polar surface area (TPSA) is 17.3 Å². The van der Waals surface area contributed by atoms with Crippen molar-refractivity contribution in [2.75, 3.05) is 0 Å². The van der Waals surface area contributed by atoms with Crippen LogP contribution in [0.1, 0.15) is 34.7 Å². The molecule has 2 heterocycles. The molecular weight excluding hydrogens is 288 g/mol. The number of fused-ring (bicyclic) bond motifs is 7. The molecule has 2 nitrogen and oxygen atoms in total. The van der Waals surface area contributed by atoms with Crippen LogP contribution in [0.4, 0.5) is 0 Å². The molecule has 100 valence electrons. The fourth-order valence-corrected chi connectivity index (χ4v) is 5.02. The van der Waals surface area contributed by atoms with Gasteiger partial charge in [-0.3, -0.25) is 4.40 Å². The van der Waals surface area contributed by atoms with Crippen LogP contribution < -0.4 is 0 Å². The zero-order valence-corrected chi connectivity index (χ0v) is 12.5. The summed E-state index contributed by atoms with van der Waals surface area (Å²) in [5, 5.41) is 0.822. The van der Waals surface area contributed by atoms with E-state index in [9.17, 15) is 0 Å². The number of aryl methyl sites for hydroxylation is 2. The molecule has 3 aromatic rings. The first-order valence-electron chi connectivity index (χ1n) is 7.12. The van der Waals surface area contributed by atoms with Gasteiger partial charge in [-0.05, 0) is 43.4 Å². The van der Waals surface area contributed by atoms with E-state index in [4.69, 9.17) is 16.6 Å². The van der Waals surface area contributed by atoms with Crippen molar-refractivity contribution in [3.8, 4) is 11.3 Å². The molecule has 1 aromatic carbocycles. The van der Waals surface area contributed by atoms with Crippen LogP contribution in [0.5, 0.6) is 0 Å². The highest BCUT2D eigenvalue weighted by Crippen LogP contribution is 2.41. The quantitative estimate of drug-likeness (QED) is 0.467. The van der Waals surface area contributed by atoms with Crippen molar-refractivity contribution < 1.29 is 0 Å². The molecular formula is C16H13ClN2S. The van der Waals surface area contributed by atoms with Gasteiger partial charge in [0.25, 0.3) is 0 Å². The molecule has 0 aliphatic heterocycles. The SMILES string of the molecule is Clc1ccc2c(c1)Cc1c-2nc2sc3c(n12)CCCC3. The Balaban J connectivity index is 1.79. The number of benzene rings is 1. The van der Waals surface area contributed by atoms with E-state index in [0.29, 0.717) is 0 Å². The fraction of sp³-hybridized carbons (Fsp3) is 0.312. The molecule has 0 unspecified atom stereocenters. The molecule has 2 aromatic heterocycles. The maximum atomic E-state index is 6.12. The third-order valence-electron chi connectivity index (χ3n) is 4.50. The molecule has 0 fully saturated rings. The highest BCUT2D eigenvalue weighted by Gasteiger charge is 2.28. The van der Waals surface area contributed by atoms with Crippen LogP contribution in [0, 0.1) is 0 Å². The number of aromatic nitrogens is 2. The third-order valence-corrected chi connectivity index (χ3v) is 5.87. The van der Waals surface area contributed by atoms with E-state index in [2.05, 4.69) is 16.5 Å². The molecule has 0 spiro atoms. The highest BCUT2D eigenvalue weighted by atomic mass is 35.5. The summed E-state index contributed by atoms with van der Waals surface area (Å²) in [5.41, 5.74) is 6.65. The predicted molar refractivity (Wildman–Crippen MR) is 83.0 cm³/mol. The van der Waals surface area contributed by atoms with Gasteiger partial charge in [0.05, 0.1) is 11.4 Å². The zero-order valence-electron chi connectivity index (χ0n) is 10.9. The standard InChI is InChI=1S/C16H13ClN2S/c17-10-5-6-11-9(7-10)8-13-15(11)18-16-19(13)12-3-1-2-4-14(12)20-16/h5-7H,1-4,8H2. The Kier molecular flexibility index (Phi) is 2.19. The Morgan fingerprint density at radius 1 is 1.15 bits per heavy atom. The molecule has 20 heavy (non-hydrogen) atoms. The van der Waals surface area contributed by atoms with Crippen molar-refractivity contribution in [1.82, 2.24) is 9.38 Å². The first-order valence-corrected chi connectivity index (χ1v) is 8.31. The second-order valence-corrected chi connectivity index (χ2v) is 7.18. The van der Waals surface area contributed by atoms with Gasteiger partial charge >= 0.3 is 0 Å². The van der Waals surface area contributed by atoms with E-state index in [0.717, 1.165) is 11.4 Å². The van der Waals surface area contributed by atoms with E-state index in [1.165, 1.54) is 58.9 Å². The summed E-state index contributed by atoms with van der Waals surface area (Å²) in [7, 11) is 0. The van der Waals surface area contributed by atoms with E-state index in [1.54, 1.807) is 4.88 Å². The zero-order chi connectivity index (χ0) is 13.3. The van der Waals surface area contributed by atoms with Crippen LogP contribution >= 0.6 is 22.9 Å². The Hall–Kier alpha value is -1.32. The minimum Gasteiger partial charge on any atom is -0.290 e. The molecule has 0 bridgehead atoms. The normalized spacial score (nSPS) is 16.2. The van der Waals surface area contributed by atoms with Gasteiger partial charge in [-0.1, -0.05) is 17.7 Å². The number of halogens is 1. The molecule has 0 atom stereocenters. The fourth-order valence-electron chi connectivity index (χ4n) is 3.60.